The Bertz CT molecular complexity index is 943. The molecule has 7 nitrogen and oxygen atoms in total. The van der Waals surface area contributed by atoms with Gasteiger partial charge in [-0.15, -0.1) is 10.2 Å². The predicted octanol–water partition coefficient (Wildman–Crippen LogP) is 3.59. The molecule has 0 spiro atoms. The van der Waals surface area contributed by atoms with E-state index in [2.05, 4.69) is 10.2 Å². The molecule has 2 N–H and O–H groups in total. The number of nitrogens with zero attached hydrogens (tertiary/aromatic N) is 4. The average Bonchev–Trinajstić information content (AvgIpc) is 3.10. The van der Waals surface area contributed by atoms with Crippen LogP contribution in [-0.4, -0.2) is 39.2 Å². The normalized spacial score (nSPS) is 11.8. The lowest BCUT2D eigenvalue weighted by atomic mass is 10.2. The van der Waals surface area contributed by atoms with E-state index in [0.717, 1.165) is 17.0 Å². The molecule has 0 saturated heterocycles. The molecule has 0 fully saturated rings. The number of hydrogen-bond donors (Lipinski definition) is 1. The van der Waals surface area contributed by atoms with Crippen LogP contribution < -0.4 is 15.5 Å². The second-order valence-corrected chi connectivity index (χ2v) is 7.62. The van der Waals surface area contributed by atoms with Crippen LogP contribution in [0.25, 0.3) is 11.4 Å². The van der Waals surface area contributed by atoms with Crippen LogP contribution in [0.15, 0.2) is 59.8 Å². The Morgan fingerprint density at radius 1 is 1.14 bits per heavy atom. The quantitative estimate of drug-likeness (QED) is 0.450. The molecule has 0 aliphatic heterocycles. The van der Waals surface area contributed by atoms with E-state index in [-0.39, 0.29) is 11.2 Å². The van der Waals surface area contributed by atoms with E-state index in [1.807, 2.05) is 75.4 Å². The van der Waals surface area contributed by atoms with Gasteiger partial charge in [-0.05, 0) is 57.2 Å². The Labute approximate surface area is 174 Å². The molecule has 1 amide bonds. The zero-order valence-corrected chi connectivity index (χ0v) is 17.6. The fourth-order valence-electron chi connectivity index (χ4n) is 2.92. The second-order valence-electron chi connectivity index (χ2n) is 6.31. The molecule has 3 rings (SSSR count). The molecule has 0 aliphatic carbocycles. The maximum atomic E-state index is 13.0. The van der Waals surface area contributed by atoms with E-state index >= 15 is 0 Å². The van der Waals surface area contributed by atoms with Gasteiger partial charge < -0.3 is 15.5 Å². The van der Waals surface area contributed by atoms with E-state index in [0.29, 0.717) is 24.1 Å². The number of hydrogen-bond acceptors (Lipinski definition) is 6. The van der Waals surface area contributed by atoms with Crippen molar-refractivity contribution < 1.29 is 9.53 Å². The number of rotatable bonds is 8. The van der Waals surface area contributed by atoms with Crippen LogP contribution in [0.4, 0.5) is 5.69 Å². The van der Waals surface area contributed by atoms with Crippen molar-refractivity contribution >= 4 is 23.4 Å². The molecule has 0 bridgehead atoms. The molecular weight excluding hydrogens is 386 g/mol. The third kappa shape index (κ3) is 4.71. The summed E-state index contributed by atoms with van der Waals surface area (Å²) in [4.78, 5) is 14.7. The molecule has 2 aromatic carbocycles. The number of thioether (sulfide) groups is 1. The van der Waals surface area contributed by atoms with Crippen LogP contribution in [-0.2, 0) is 4.79 Å². The van der Waals surface area contributed by atoms with Crippen LogP contribution in [0.3, 0.4) is 0 Å². The van der Waals surface area contributed by atoms with Crippen molar-refractivity contribution in [3.8, 4) is 17.1 Å². The highest BCUT2D eigenvalue weighted by Gasteiger charge is 2.24. The summed E-state index contributed by atoms with van der Waals surface area (Å²) < 4.78 is 6.88. The minimum absolute atomic E-state index is 0.00526. The van der Waals surface area contributed by atoms with Crippen molar-refractivity contribution in [1.29, 1.82) is 0 Å². The zero-order chi connectivity index (χ0) is 20.8. The summed E-state index contributed by atoms with van der Waals surface area (Å²) in [6, 6.07) is 17.1. The highest BCUT2D eigenvalue weighted by Crippen LogP contribution is 2.27. The molecule has 3 aromatic rings. The molecule has 1 aromatic heterocycles. The molecule has 0 aliphatic rings. The van der Waals surface area contributed by atoms with Crippen molar-refractivity contribution in [1.82, 2.24) is 14.9 Å². The van der Waals surface area contributed by atoms with Gasteiger partial charge in [-0.1, -0.05) is 30.0 Å². The molecule has 1 atom stereocenters. The third-order valence-electron chi connectivity index (χ3n) is 4.37. The van der Waals surface area contributed by atoms with Crippen LogP contribution in [0.2, 0.25) is 0 Å². The van der Waals surface area contributed by atoms with Crippen LogP contribution >= 0.6 is 11.8 Å². The molecule has 0 unspecified atom stereocenters. The van der Waals surface area contributed by atoms with Crippen molar-refractivity contribution in [2.24, 2.45) is 0 Å². The molecule has 0 saturated carbocycles. The maximum absolute atomic E-state index is 13.0. The number of carbonyl (C=O) groups is 1. The summed E-state index contributed by atoms with van der Waals surface area (Å²) in [6.45, 7) is 6.94. The summed E-state index contributed by atoms with van der Waals surface area (Å²) in [5, 5.41) is 8.50. The Morgan fingerprint density at radius 2 is 1.83 bits per heavy atom. The number of anilines is 1. The first kappa shape index (κ1) is 20.7. The number of para-hydroxylation sites is 1. The first-order valence-corrected chi connectivity index (χ1v) is 10.4. The highest BCUT2D eigenvalue weighted by atomic mass is 32.2. The van der Waals surface area contributed by atoms with E-state index in [9.17, 15) is 4.79 Å². The monoisotopic (exact) mass is 411 g/mol. The van der Waals surface area contributed by atoms with E-state index < -0.39 is 0 Å². The number of nitrogens with two attached hydrogens (primary N) is 1. The van der Waals surface area contributed by atoms with Crippen LogP contribution in [0.5, 0.6) is 5.75 Å². The van der Waals surface area contributed by atoms with Crippen LogP contribution in [0.1, 0.15) is 20.8 Å². The van der Waals surface area contributed by atoms with Gasteiger partial charge in [-0.25, -0.2) is 4.68 Å². The molecule has 1 heterocycles. The highest BCUT2D eigenvalue weighted by molar-refractivity contribution is 8.00. The van der Waals surface area contributed by atoms with E-state index in [4.69, 9.17) is 10.6 Å². The fourth-order valence-corrected chi connectivity index (χ4v) is 3.76. The summed E-state index contributed by atoms with van der Waals surface area (Å²) in [5.41, 5.74) is 1.70. The number of nitrogen functional groups attached to an aromatic ring is 1. The lowest BCUT2D eigenvalue weighted by Gasteiger charge is -2.24. The Hall–Kier alpha value is -3.00. The molecule has 29 heavy (non-hydrogen) atoms. The minimum atomic E-state index is -0.366. The number of ether oxygens (including phenoxy) is 1. The maximum Gasteiger partial charge on any atom is 0.240 e. The Balaban J connectivity index is 1.74. The largest absolute Gasteiger partial charge is 0.494 e. The van der Waals surface area contributed by atoms with Crippen molar-refractivity contribution in [3.63, 3.8) is 0 Å². The van der Waals surface area contributed by atoms with Gasteiger partial charge in [0.25, 0.3) is 0 Å². The van der Waals surface area contributed by atoms with Gasteiger partial charge in [-0.3, -0.25) is 4.79 Å². The first-order valence-electron chi connectivity index (χ1n) is 9.52. The van der Waals surface area contributed by atoms with Crippen molar-refractivity contribution in [2.45, 2.75) is 31.2 Å². The number of amides is 1. The summed E-state index contributed by atoms with van der Waals surface area (Å²) >= 11 is 1.29. The Kier molecular flexibility index (Phi) is 6.77. The summed E-state index contributed by atoms with van der Waals surface area (Å²) in [7, 11) is 0. The van der Waals surface area contributed by atoms with Gasteiger partial charge in [0.1, 0.15) is 5.75 Å². The zero-order valence-electron chi connectivity index (χ0n) is 16.8. The SMILES string of the molecule is CCOc1ccc(-c2nnc(S[C@@H](C)C(=O)N(CC)c3ccccc3)n2N)cc1. The van der Waals surface area contributed by atoms with Gasteiger partial charge in [-0.2, -0.15) is 0 Å². The predicted molar refractivity (Wildman–Crippen MR) is 117 cm³/mol. The standard InChI is InChI=1S/C21H25N5O2S/c1-4-25(17-9-7-6-8-10-17)20(27)15(3)29-21-24-23-19(26(21)22)16-11-13-18(14-12-16)28-5-2/h6-15H,4-5,22H2,1-3H3/t15-/m0/s1. The first-order chi connectivity index (χ1) is 14.0. The fraction of sp³-hybridized carbons (Fsp3) is 0.286. The molecular formula is C21H25N5O2S. The third-order valence-corrected chi connectivity index (χ3v) is 5.41. The number of aromatic nitrogens is 3. The smallest absolute Gasteiger partial charge is 0.240 e. The number of benzene rings is 2. The van der Waals surface area contributed by atoms with Gasteiger partial charge in [0.2, 0.25) is 11.1 Å². The van der Waals surface area contributed by atoms with Gasteiger partial charge in [0.15, 0.2) is 5.82 Å². The van der Waals surface area contributed by atoms with E-state index in [1.54, 1.807) is 4.90 Å². The lowest BCUT2D eigenvalue weighted by Crippen LogP contribution is -2.36. The van der Waals surface area contributed by atoms with Crippen molar-refractivity contribution in [2.75, 3.05) is 23.9 Å². The lowest BCUT2D eigenvalue weighted by molar-refractivity contribution is -0.117. The Morgan fingerprint density at radius 3 is 2.45 bits per heavy atom. The van der Waals surface area contributed by atoms with Crippen LogP contribution in [0, 0.1) is 0 Å². The van der Waals surface area contributed by atoms with Gasteiger partial charge in [0, 0.05) is 17.8 Å². The average molecular weight is 412 g/mol. The summed E-state index contributed by atoms with van der Waals surface area (Å²) in [5.74, 6) is 7.53. The van der Waals surface area contributed by atoms with Gasteiger partial charge in [0.05, 0.1) is 11.9 Å². The van der Waals surface area contributed by atoms with E-state index in [1.165, 1.54) is 16.4 Å². The summed E-state index contributed by atoms with van der Waals surface area (Å²) in [6.07, 6.45) is 0. The minimum Gasteiger partial charge on any atom is -0.494 e. The van der Waals surface area contributed by atoms with Gasteiger partial charge >= 0.3 is 0 Å². The molecule has 152 valence electrons. The van der Waals surface area contributed by atoms with Crippen molar-refractivity contribution in [3.05, 3.63) is 54.6 Å². The second kappa shape index (κ2) is 9.47. The number of carbonyl (C=O) groups excluding carboxylic acids is 1. The molecule has 8 heteroatoms. The topological polar surface area (TPSA) is 86.3 Å². The molecule has 0 radical (unpaired) electrons.